The van der Waals surface area contributed by atoms with Gasteiger partial charge in [-0.25, -0.2) is 8.78 Å². The minimum atomic E-state index is -0.999. The second-order valence-corrected chi connectivity index (χ2v) is 6.62. The Morgan fingerprint density at radius 2 is 1.74 bits per heavy atom. The summed E-state index contributed by atoms with van der Waals surface area (Å²) in [4.78, 5) is 11.8. The van der Waals surface area contributed by atoms with Crippen molar-refractivity contribution in [3.05, 3.63) is 29.8 Å². The van der Waals surface area contributed by atoms with E-state index in [9.17, 15) is 13.6 Å². The van der Waals surface area contributed by atoms with Crippen LogP contribution in [0.1, 0.15) is 64.7 Å². The lowest BCUT2D eigenvalue weighted by Crippen LogP contribution is -2.17. The Labute approximate surface area is 137 Å². The van der Waals surface area contributed by atoms with Crippen molar-refractivity contribution in [3.8, 4) is 5.75 Å². The number of hydrogen-bond donors (Lipinski definition) is 0. The summed E-state index contributed by atoms with van der Waals surface area (Å²) < 4.78 is 31.0. The molecular weight excluding hydrogens is 298 g/mol. The maximum atomic E-state index is 13.1. The summed E-state index contributed by atoms with van der Waals surface area (Å²) >= 11 is 0. The van der Waals surface area contributed by atoms with Gasteiger partial charge in [-0.1, -0.05) is 51.9 Å². The highest BCUT2D eigenvalue weighted by Crippen LogP contribution is 2.34. The molecule has 0 unspecified atom stereocenters. The van der Waals surface area contributed by atoms with E-state index < -0.39 is 11.6 Å². The number of carbonyl (C=O) groups is 1. The molecule has 4 heteroatoms. The van der Waals surface area contributed by atoms with Crippen LogP contribution in [0.2, 0.25) is 0 Å². The van der Waals surface area contributed by atoms with E-state index in [1.54, 1.807) is 0 Å². The molecule has 0 spiro atoms. The van der Waals surface area contributed by atoms with Crippen molar-refractivity contribution in [2.75, 3.05) is 0 Å². The second-order valence-electron chi connectivity index (χ2n) is 6.62. The number of carbonyl (C=O) groups excluding carboxylic acids is 1. The largest absolute Gasteiger partial charge is 0.426 e. The van der Waals surface area contributed by atoms with Crippen LogP contribution in [0.4, 0.5) is 8.78 Å². The summed E-state index contributed by atoms with van der Waals surface area (Å²) in [7, 11) is 0. The van der Waals surface area contributed by atoms with E-state index in [-0.39, 0.29) is 11.7 Å². The molecule has 2 rings (SSSR count). The van der Waals surface area contributed by atoms with Gasteiger partial charge in [0.25, 0.3) is 0 Å². The minimum absolute atomic E-state index is 0.0668. The summed E-state index contributed by atoms with van der Waals surface area (Å²) in [5.41, 5.74) is 0. The van der Waals surface area contributed by atoms with Crippen molar-refractivity contribution in [2.24, 2.45) is 11.8 Å². The Kier molecular flexibility index (Phi) is 7.00. The first-order valence-electron chi connectivity index (χ1n) is 8.74. The van der Waals surface area contributed by atoms with Crippen LogP contribution in [-0.4, -0.2) is 5.97 Å². The second kappa shape index (κ2) is 8.99. The molecule has 1 saturated carbocycles. The molecule has 0 N–H and O–H groups in total. The third-order valence-electron chi connectivity index (χ3n) is 4.81. The molecule has 1 aromatic carbocycles. The van der Waals surface area contributed by atoms with E-state index in [1.165, 1.54) is 51.0 Å². The van der Waals surface area contributed by atoms with Crippen LogP contribution in [0.15, 0.2) is 18.2 Å². The van der Waals surface area contributed by atoms with E-state index in [4.69, 9.17) is 4.74 Å². The standard InChI is InChI=1S/C19H26F2O2/c1-2-3-4-14-5-7-15(8-6-14)9-12-19(22)23-16-10-11-17(20)18(21)13-16/h10-11,13-15H,2-9,12H2,1H3/t14-,15-. The Bertz CT molecular complexity index is 508. The normalized spacial score (nSPS) is 21.2. The average molecular weight is 324 g/mol. The van der Waals surface area contributed by atoms with Crippen molar-refractivity contribution in [1.82, 2.24) is 0 Å². The van der Waals surface area contributed by atoms with Crippen molar-refractivity contribution in [2.45, 2.75) is 64.7 Å². The van der Waals surface area contributed by atoms with Gasteiger partial charge in [0, 0.05) is 12.5 Å². The van der Waals surface area contributed by atoms with Gasteiger partial charge in [0.15, 0.2) is 11.6 Å². The van der Waals surface area contributed by atoms with Crippen LogP contribution < -0.4 is 4.74 Å². The zero-order valence-corrected chi connectivity index (χ0v) is 13.8. The van der Waals surface area contributed by atoms with E-state index in [0.717, 1.165) is 24.5 Å². The monoisotopic (exact) mass is 324 g/mol. The first-order valence-corrected chi connectivity index (χ1v) is 8.74. The number of halogens is 2. The summed E-state index contributed by atoms with van der Waals surface area (Å²) in [5.74, 6) is -0.794. The third-order valence-corrected chi connectivity index (χ3v) is 4.81. The van der Waals surface area contributed by atoms with Crippen molar-refractivity contribution >= 4 is 5.97 Å². The van der Waals surface area contributed by atoms with Crippen LogP contribution in [0.5, 0.6) is 5.75 Å². The fourth-order valence-corrected chi connectivity index (χ4v) is 3.35. The van der Waals surface area contributed by atoms with Crippen molar-refractivity contribution in [1.29, 1.82) is 0 Å². The van der Waals surface area contributed by atoms with Crippen LogP contribution in [-0.2, 0) is 4.79 Å². The lowest BCUT2D eigenvalue weighted by molar-refractivity contribution is -0.134. The molecule has 1 aliphatic carbocycles. The molecule has 0 aliphatic heterocycles. The lowest BCUT2D eigenvalue weighted by Gasteiger charge is -2.28. The molecular formula is C19H26F2O2. The molecule has 0 saturated heterocycles. The summed E-state index contributed by atoms with van der Waals surface area (Å²) in [6.45, 7) is 2.23. The van der Waals surface area contributed by atoms with Crippen molar-refractivity contribution < 1.29 is 18.3 Å². The number of rotatable bonds is 7. The molecule has 1 aliphatic rings. The lowest BCUT2D eigenvalue weighted by atomic mass is 9.78. The quantitative estimate of drug-likeness (QED) is 0.479. The number of benzene rings is 1. The van der Waals surface area contributed by atoms with Crippen LogP contribution in [0, 0.1) is 23.5 Å². The van der Waals surface area contributed by atoms with E-state index in [1.807, 2.05) is 0 Å². The van der Waals surface area contributed by atoms with Crippen LogP contribution in [0.25, 0.3) is 0 Å². The maximum Gasteiger partial charge on any atom is 0.311 e. The third kappa shape index (κ3) is 5.92. The molecule has 0 heterocycles. The number of ether oxygens (including phenoxy) is 1. The number of hydrogen-bond acceptors (Lipinski definition) is 2. The predicted molar refractivity (Wildman–Crippen MR) is 86.2 cm³/mol. The number of esters is 1. The fraction of sp³-hybridized carbons (Fsp3) is 0.632. The first kappa shape index (κ1) is 17.9. The van der Waals surface area contributed by atoms with Gasteiger partial charge < -0.3 is 4.74 Å². The average Bonchev–Trinajstić information content (AvgIpc) is 2.55. The van der Waals surface area contributed by atoms with Gasteiger partial charge in [0.1, 0.15) is 5.75 Å². The molecule has 0 bridgehead atoms. The van der Waals surface area contributed by atoms with Gasteiger partial charge in [-0.15, -0.1) is 0 Å². The Morgan fingerprint density at radius 3 is 2.35 bits per heavy atom. The van der Waals surface area contributed by atoms with Gasteiger partial charge >= 0.3 is 5.97 Å². The zero-order valence-electron chi connectivity index (χ0n) is 13.8. The summed E-state index contributed by atoms with van der Waals surface area (Å²) in [5, 5.41) is 0. The summed E-state index contributed by atoms with van der Waals surface area (Å²) in [6.07, 6.45) is 9.98. The topological polar surface area (TPSA) is 26.3 Å². The highest BCUT2D eigenvalue weighted by Gasteiger charge is 2.21. The van der Waals surface area contributed by atoms with E-state index in [2.05, 4.69) is 6.92 Å². The minimum Gasteiger partial charge on any atom is -0.426 e. The summed E-state index contributed by atoms with van der Waals surface area (Å²) in [6, 6.07) is 3.15. The predicted octanol–water partition coefficient (Wildman–Crippen LogP) is 5.65. The van der Waals surface area contributed by atoms with Gasteiger partial charge in [0.05, 0.1) is 0 Å². The van der Waals surface area contributed by atoms with Gasteiger partial charge in [-0.3, -0.25) is 4.79 Å². The maximum absolute atomic E-state index is 13.1. The molecule has 2 nitrogen and oxygen atoms in total. The molecule has 23 heavy (non-hydrogen) atoms. The molecule has 1 fully saturated rings. The molecule has 0 atom stereocenters. The molecule has 128 valence electrons. The fourth-order valence-electron chi connectivity index (χ4n) is 3.35. The first-order chi connectivity index (χ1) is 11.1. The van der Waals surface area contributed by atoms with Gasteiger partial charge in [0.2, 0.25) is 0 Å². The Hall–Kier alpha value is -1.45. The molecule has 0 aromatic heterocycles. The van der Waals surface area contributed by atoms with Crippen molar-refractivity contribution in [3.63, 3.8) is 0 Å². The van der Waals surface area contributed by atoms with Crippen LogP contribution in [0.3, 0.4) is 0 Å². The SMILES string of the molecule is CCCC[C@H]1CC[C@H](CCC(=O)Oc2ccc(F)c(F)c2)CC1. The highest BCUT2D eigenvalue weighted by atomic mass is 19.2. The molecule has 1 aromatic rings. The Balaban J connectivity index is 1.68. The smallest absolute Gasteiger partial charge is 0.311 e. The molecule has 0 radical (unpaired) electrons. The van der Waals surface area contributed by atoms with Gasteiger partial charge in [-0.05, 0) is 30.4 Å². The van der Waals surface area contributed by atoms with Gasteiger partial charge in [-0.2, -0.15) is 0 Å². The Morgan fingerprint density at radius 1 is 1.09 bits per heavy atom. The number of unbranched alkanes of at least 4 members (excludes halogenated alkanes) is 1. The molecule has 0 amide bonds. The van der Waals surface area contributed by atoms with E-state index >= 15 is 0 Å². The highest BCUT2D eigenvalue weighted by molar-refractivity contribution is 5.72. The van der Waals surface area contributed by atoms with E-state index in [0.29, 0.717) is 12.3 Å². The van der Waals surface area contributed by atoms with Crippen LogP contribution >= 0.6 is 0 Å². The zero-order chi connectivity index (χ0) is 16.7.